The Labute approximate surface area is 317 Å². The molecule has 252 valence electrons. The summed E-state index contributed by atoms with van der Waals surface area (Å²) in [5.41, 5.74) is 11.2. The van der Waals surface area contributed by atoms with Crippen LogP contribution in [0.1, 0.15) is 5.56 Å². The van der Waals surface area contributed by atoms with E-state index in [0.29, 0.717) is 5.56 Å². The van der Waals surface area contributed by atoms with Gasteiger partial charge in [-0.3, -0.25) is 0 Å². The summed E-state index contributed by atoms with van der Waals surface area (Å²) in [5, 5.41) is 24.9. The highest BCUT2D eigenvalue weighted by molar-refractivity contribution is 6.28. The van der Waals surface area contributed by atoms with Gasteiger partial charge in [-0.25, -0.2) is 0 Å². The summed E-state index contributed by atoms with van der Waals surface area (Å²) in [4.78, 5) is 0. The fourth-order valence-corrected chi connectivity index (χ4v) is 9.38. The van der Waals surface area contributed by atoms with Gasteiger partial charge in [0.15, 0.2) is 0 Å². The summed E-state index contributed by atoms with van der Waals surface area (Å²) < 4.78 is 2.33. The van der Waals surface area contributed by atoms with Crippen LogP contribution >= 0.6 is 0 Å². The number of nitrogens with zero attached hydrogens (tertiary/aromatic N) is 2. The van der Waals surface area contributed by atoms with Crippen molar-refractivity contribution in [1.29, 1.82) is 5.26 Å². The number of aromatic nitrogens is 1. The van der Waals surface area contributed by atoms with Crippen LogP contribution in [-0.4, -0.2) is 4.57 Å². The lowest BCUT2D eigenvalue weighted by Gasteiger charge is -2.17. The fraction of sp³-hybridized carbons (Fsp3) is 0. The van der Waals surface area contributed by atoms with Crippen molar-refractivity contribution >= 4 is 75.7 Å². The number of hydrogen-bond acceptors (Lipinski definition) is 1. The molecule has 0 saturated carbocycles. The first-order valence-corrected chi connectivity index (χ1v) is 18.8. The lowest BCUT2D eigenvalue weighted by atomic mass is 9.86. The van der Waals surface area contributed by atoms with Gasteiger partial charge in [0.05, 0.1) is 22.7 Å². The van der Waals surface area contributed by atoms with Crippen molar-refractivity contribution in [1.82, 2.24) is 4.57 Å². The highest BCUT2D eigenvalue weighted by atomic mass is 15.0. The lowest BCUT2D eigenvalue weighted by molar-refractivity contribution is 1.18. The molecule has 55 heavy (non-hydrogen) atoms. The monoisotopic (exact) mass is 694 g/mol. The molecule has 0 spiro atoms. The summed E-state index contributed by atoms with van der Waals surface area (Å²) in [7, 11) is 0. The van der Waals surface area contributed by atoms with Crippen molar-refractivity contribution in [3.8, 4) is 45.1 Å². The number of fused-ring (bicyclic) bond motifs is 1. The first-order chi connectivity index (χ1) is 27.2. The van der Waals surface area contributed by atoms with Gasteiger partial charge in [-0.15, -0.1) is 0 Å². The molecule has 1 aromatic heterocycles. The van der Waals surface area contributed by atoms with Gasteiger partial charge in [-0.2, -0.15) is 5.26 Å². The molecule has 0 saturated heterocycles. The molecule has 2 nitrogen and oxygen atoms in total. The average Bonchev–Trinajstić information content (AvgIpc) is 3.59. The highest BCUT2D eigenvalue weighted by Crippen LogP contribution is 2.45. The van der Waals surface area contributed by atoms with Crippen molar-refractivity contribution in [3.05, 3.63) is 188 Å². The molecule has 1 heterocycles. The third-order valence-electron chi connectivity index (χ3n) is 11.8. The van der Waals surface area contributed by atoms with Gasteiger partial charge in [-0.05, 0) is 136 Å². The topological polar surface area (TPSA) is 28.7 Å². The molecule has 0 aliphatic rings. The first-order valence-electron chi connectivity index (χ1n) is 18.8. The quantitative estimate of drug-likeness (QED) is 0.169. The normalized spacial score (nSPS) is 12.0. The van der Waals surface area contributed by atoms with Crippen molar-refractivity contribution in [2.75, 3.05) is 0 Å². The van der Waals surface area contributed by atoms with Crippen LogP contribution < -0.4 is 0 Å². The zero-order valence-corrected chi connectivity index (χ0v) is 29.7. The molecule has 0 N–H and O–H groups in total. The third kappa shape index (κ3) is 4.36. The predicted octanol–water partition coefficient (Wildman–Crippen LogP) is 14.3. The van der Waals surface area contributed by atoms with Crippen LogP contribution in [0.5, 0.6) is 0 Å². The summed E-state index contributed by atoms with van der Waals surface area (Å²) >= 11 is 0. The van der Waals surface area contributed by atoms with E-state index in [1.54, 1.807) is 0 Å². The molecular weight excluding hydrogens is 665 g/mol. The maximum atomic E-state index is 9.94. The molecule has 12 rings (SSSR count). The number of benzene rings is 11. The van der Waals surface area contributed by atoms with E-state index in [0.717, 1.165) is 27.7 Å². The first kappa shape index (κ1) is 30.0. The van der Waals surface area contributed by atoms with E-state index in [-0.39, 0.29) is 0 Å². The van der Waals surface area contributed by atoms with E-state index >= 15 is 0 Å². The molecule has 0 aliphatic heterocycles. The molecule has 0 unspecified atom stereocenters. The van der Waals surface area contributed by atoms with Crippen molar-refractivity contribution < 1.29 is 0 Å². The molecular formula is C53H30N2. The smallest absolute Gasteiger partial charge is 0.0992 e. The van der Waals surface area contributed by atoms with Crippen LogP contribution in [0.15, 0.2) is 182 Å². The summed E-state index contributed by atoms with van der Waals surface area (Å²) in [5.74, 6) is 0. The van der Waals surface area contributed by atoms with E-state index in [1.807, 2.05) is 18.2 Å². The van der Waals surface area contributed by atoms with Crippen LogP contribution in [0.4, 0.5) is 0 Å². The van der Waals surface area contributed by atoms with Crippen LogP contribution in [0, 0.1) is 11.3 Å². The predicted molar refractivity (Wildman–Crippen MR) is 232 cm³/mol. The molecule has 12 aromatic rings. The second-order valence-electron chi connectivity index (χ2n) is 14.8. The minimum absolute atomic E-state index is 0.668. The Hall–Kier alpha value is -7.47. The van der Waals surface area contributed by atoms with Gasteiger partial charge in [0, 0.05) is 16.5 Å². The molecule has 0 aliphatic carbocycles. The molecule has 11 aromatic carbocycles. The maximum Gasteiger partial charge on any atom is 0.0992 e. The third-order valence-corrected chi connectivity index (χ3v) is 11.8. The van der Waals surface area contributed by atoms with E-state index < -0.39 is 0 Å². The zero-order valence-electron chi connectivity index (χ0n) is 29.7. The molecule has 0 bridgehead atoms. The van der Waals surface area contributed by atoms with Crippen molar-refractivity contribution in [2.24, 2.45) is 0 Å². The molecule has 0 fully saturated rings. The number of nitriles is 1. The largest absolute Gasteiger partial charge is 0.309 e. The van der Waals surface area contributed by atoms with E-state index in [1.165, 1.54) is 87.1 Å². The zero-order chi connectivity index (χ0) is 36.2. The minimum atomic E-state index is 0.668. The number of rotatable bonds is 4. The number of hydrogen-bond donors (Lipinski definition) is 0. The lowest BCUT2D eigenvalue weighted by Crippen LogP contribution is -1.94. The second kappa shape index (κ2) is 11.3. The molecule has 0 amide bonds. The van der Waals surface area contributed by atoms with Gasteiger partial charge in [0.2, 0.25) is 0 Å². The highest BCUT2D eigenvalue weighted by Gasteiger charge is 2.20. The summed E-state index contributed by atoms with van der Waals surface area (Å²) in [6.45, 7) is 0. The Bertz CT molecular complexity index is 3540. The Kier molecular flexibility index (Phi) is 6.15. The average molecular weight is 695 g/mol. The van der Waals surface area contributed by atoms with Gasteiger partial charge in [0.1, 0.15) is 0 Å². The van der Waals surface area contributed by atoms with E-state index in [2.05, 4.69) is 174 Å². The minimum Gasteiger partial charge on any atom is -0.309 e. The Balaban J connectivity index is 1.05. The SMILES string of the molecule is N#Cc1cc2ccc3cc(-c4cccc(-c5ccc6ccc7c(-c8ccc9ccccc9c8)ccc8ccc5c6c87)c4)cc4c3c2c(c1)n4-c1ccccc1. The van der Waals surface area contributed by atoms with Gasteiger partial charge in [0.25, 0.3) is 0 Å². The Morgan fingerprint density at radius 1 is 0.345 bits per heavy atom. The van der Waals surface area contributed by atoms with Crippen LogP contribution in [0.2, 0.25) is 0 Å². The molecule has 2 heteroatoms. The summed E-state index contributed by atoms with van der Waals surface area (Å²) in [6, 6.07) is 68.8. The fourth-order valence-electron chi connectivity index (χ4n) is 9.38. The van der Waals surface area contributed by atoms with Crippen LogP contribution in [0.3, 0.4) is 0 Å². The van der Waals surface area contributed by atoms with Crippen LogP contribution in [0.25, 0.3) is 115 Å². The Morgan fingerprint density at radius 2 is 0.909 bits per heavy atom. The van der Waals surface area contributed by atoms with Gasteiger partial charge in [-0.1, -0.05) is 133 Å². The van der Waals surface area contributed by atoms with E-state index in [9.17, 15) is 5.26 Å². The standard InChI is InChI=1S/C53H30N2/c54-31-32-25-40-15-16-41-29-42(30-49-53(41)52(40)48(26-32)55(49)43-11-2-1-3-12-43)37-9-6-10-38(28-37)44-21-17-34-20-24-47-45(22-18-35-19-23-46(44)50(34)51(35)47)39-14-13-33-7-4-5-8-36(33)27-39/h1-30H. The summed E-state index contributed by atoms with van der Waals surface area (Å²) in [6.07, 6.45) is 0. The van der Waals surface area contributed by atoms with Gasteiger partial charge >= 0.3 is 0 Å². The molecule has 0 radical (unpaired) electrons. The van der Waals surface area contributed by atoms with E-state index in [4.69, 9.17) is 0 Å². The van der Waals surface area contributed by atoms with Gasteiger partial charge < -0.3 is 4.57 Å². The Morgan fingerprint density at radius 3 is 1.64 bits per heavy atom. The molecule has 0 atom stereocenters. The number of para-hydroxylation sites is 1. The van der Waals surface area contributed by atoms with Crippen LogP contribution in [-0.2, 0) is 0 Å². The van der Waals surface area contributed by atoms with Crippen molar-refractivity contribution in [2.45, 2.75) is 0 Å². The maximum absolute atomic E-state index is 9.94. The van der Waals surface area contributed by atoms with Crippen molar-refractivity contribution in [3.63, 3.8) is 0 Å². The second-order valence-corrected chi connectivity index (χ2v) is 14.8.